The number of carbonyl (C=O) groups is 1. The van der Waals surface area contributed by atoms with Crippen LogP contribution in [0.15, 0.2) is 24.3 Å². The zero-order valence-corrected chi connectivity index (χ0v) is 16.0. The van der Waals surface area contributed by atoms with Gasteiger partial charge in [0, 0.05) is 38.5 Å². The molecule has 0 unspecified atom stereocenters. The van der Waals surface area contributed by atoms with Crippen LogP contribution in [0.3, 0.4) is 0 Å². The molecular formula is C19H28N6O. The molecule has 2 N–H and O–H groups in total. The largest absolute Gasteiger partial charge is 0.373 e. The van der Waals surface area contributed by atoms with Crippen molar-refractivity contribution in [2.45, 2.75) is 52.1 Å². The Kier molecular flexibility index (Phi) is 5.44. The molecule has 0 saturated carbocycles. The van der Waals surface area contributed by atoms with Crippen molar-refractivity contribution >= 4 is 17.4 Å². The van der Waals surface area contributed by atoms with Crippen LogP contribution in [0.5, 0.6) is 0 Å². The van der Waals surface area contributed by atoms with E-state index in [1.54, 1.807) is 0 Å². The highest BCUT2D eigenvalue weighted by Gasteiger charge is 2.25. The molecule has 0 radical (unpaired) electrons. The monoisotopic (exact) mass is 356 g/mol. The van der Waals surface area contributed by atoms with Crippen LogP contribution in [0.4, 0.5) is 16.2 Å². The van der Waals surface area contributed by atoms with Gasteiger partial charge in [0.2, 0.25) is 0 Å². The fraction of sp³-hybridized carbons (Fsp3) is 0.526. The molecule has 1 atom stereocenters. The number of aromatic nitrogens is 3. The van der Waals surface area contributed by atoms with Crippen molar-refractivity contribution in [1.29, 1.82) is 0 Å². The van der Waals surface area contributed by atoms with Crippen molar-refractivity contribution in [3.8, 4) is 0 Å². The lowest BCUT2D eigenvalue weighted by atomic mass is 10.1. The standard InChI is InChI=1S/C19H28N6O/c1-5-24(4)16-9-7-6-8-15(16)21-19(26)20-14-10-11-17-22-23-18(13(2)3)25(17)12-14/h6-9,13-14H,5,10-12H2,1-4H3,(H2,20,21,26)/t14-/m1/s1. The van der Waals surface area contributed by atoms with Gasteiger partial charge < -0.3 is 20.1 Å². The van der Waals surface area contributed by atoms with Gasteiger partial charge in [0.1, 0.15) is 11.6 Å². The molecule has 0 bridgehead atoms. The van der Waals surface area contributed by atoms with E-state index >= 15 is 0 Å². The van der Waals surface area contributed by atoms with Crippen LogP contribution < -0.4 is 15.5 Å². The average molecular weight is 356 g/mol. The number of nitrogens with zero attached hydrogens (tertiary/aromatic N) is 4. The maximum absolute atomic E-state index is 12.5. The summed E-state index contributed by atoms with van der Waals surface area (Å²) in [6, 6.07) is 7.75. The second kappa shape index (κ2) is 7.76. The van der Waals surface area contributed by atoms with Crippen molar-refractivity contribution in [3.05, 3.63) is 35.9 Å². The van der Waals surface area contributed by atoms with Crippen LogP contribution in [0, 0.1) is 0 Å². The molecule has 2 amide bonds. The Morgan fingerprint density at radius 2 is 2.12 bits per heavy atom. The van der Waals surface area contributed by atoms with Crippen LogP contribution in [-0.2, 0) is 13.0 Å². The van der Waals surface area contributed by atoms with E-state index in [1.165, 1.54) is 0 Å². The number of anilines is 2. The zero-order chi connectivity index (χ0) is 18.7. The fourth-order valence-corrected chi connectivity index (χ4v) is 3.32. The summed E-state index contributed by atoms with van der Waals surface area (Å²) in [5, 5.41) is 14.7. The normalized spacial score (nSPS) is 16.3. The molecular weight excluding hydrogens is 328 g/mol. The molecule has 1 aliphatic rings. The lowest BCUT2D eigenvalue weighted by molar-refractivity contribution is 0.244. The van der Waals surface area contributed by atoms with Crippen LogP contribution in [0.2, 0.25) is 0 Å². The van der Waals surface area contributed by atoms with Gasteiger partial charge in [-0.15, -0.1) is 10.2 Å². The van der Waals surface area contributed by atoms with E-state index in [0.29, 0.717) is 5.92 Å². The number of hydrogen-bond donors (Lipinski definition) is 2. The molecule has 1 aromatic heterocycles. The summed E-state index contributed by atoms with van der Waals surface area (Å²) in [5.41, 5.74) is 1.83. The van der Waals surface area contributed by atoms with E-state index in [2.05, 4.69) is 51.1 Å². The van der Waals surface area contributed by atoms with Gasteiger partial charge in [0.25, 0.3) is 0 Å². The lowest BCUT2D eigenvalue weighted by Gasteiger charge is -2.26. The molecule has 7 nitrogen and oxygen atoms in total. The van der Waals surface area contributed by atoms with Gasteiger partial charge in [-0.05, 0) is 25.5 Å². The van der Waals surface area contributed by atoms with Gasteiger partial charge in [-0.3, -0.25) is 0 Å². The molecule has 2 heterocycles. The van der Waals surface area contributed by atoms with Gasteiger partial charge in [0.05, 0.1) is 11.4 Å². The number of carbonyl (C=O) groups excluding carboxylic acids is 1. The van der Waals surface area contributed by atoms with Crippen LogP contribution in [-0.4, -0.2) is 40.4 Å². The highest BCUT2D eigenvalue weighted by atomic mass is 16.2. The minimum absolute atomic E-state index is 0.0760. The number of nitrogens with one attached hydrogen (secondary N) is 2. The fourth-order valence-electron chi connectivity index (χ4n) is 3.32. The number of fused-ring (bicyclic) bond motifs is 1. The number of benzene rings is 1. The number of hydrogen-bond acceptors (Lipinski definition) is 4. The lowest BCUT2D eigenvalue weighted by Crippen LogP contribution is -2.43. The van der Waals surface area contributed by atoms with E-state index in [4.69, 9.17) is 0 Å². The first kappa shape index (κ1) is 18.2. The van der Waals surface area contributed by atoms with E-state index in [9.17, 15) is 4.79 Å². The Morgan fingerprint density at radius 3 is 2.85 bits per heavy atom. The van der Waals surface area contributed by atoms with Crippen molar-refractivity contribution in [1.82, 2.24) is 20.1 Å². The molecule has 0 spiro atoms. The van der Waals surface area contributed by atoms with Gasteiger partial charge in [-0.2, -0.15) is 0 Å². The van der Waals surface area contributed by atoms with Crippen molar-refractivity contribution < 1.29 is 4.79 Å². The summed E-state index contributed by atoms with van der Waals surface area (Å²) in [5.74, 6) is 2.32. The summed E-state index contributed by atoms with van der Waals surface area (Å²) < 4.78 is 2.15. The topological polar surface area (TPSA) is 75.1 Å². The number of rotatable bonds is 5. The summed E-state index contributed by atoms with van der Waals surface area (Å²) >= 11 is 0. The smallest absolute Gasteiger partial charge is 0.319 e. The Bertz CT molecular complexity index is 769. The first-order valence-electron chi connectivity index (χ1n) is 9.29. The van der Waals surface area contributed by atoms with Crippen molar-refractivity contribution in [2.75, 3.05) is 23.8 Å². The van der Waals surface area contributed by atoms with Gasteiger partial charge in [0.15, 0.2) is 0 Å². The molecule has 140 valence electrons. The van der Waals surface area contributed by atoms with Crippen LogP contribution in [0.25, 0.3) is 0 Å². The molecule has 7 heteroatoms. The minimum atomic E-state index is -0.172. The third-order valence-corrected chi connectivity index (χ3v) is 4.86. The summed E-state index contributed by atoms with van der Waals surface area (Å²) in [6.45, 7) is 7.91. The zero-order valence-electron chi connectivity index (χ0n) is 16.0. The number of amides is 2. The number of aryl methyl sites for hydroxylation is 1. The van der Waals surface area contributed by atoms with E-state index < -0.39 is 0 Å². The molecule has 0 fully saturated rings. The molecule has 3 rings (SSSR count). The van der Waals surface area contributed by atoms with Crippen LogP contribution >= 0.6 is 0 Å². The van der Waals surface area contributed by atoms with Gasteiger partial charge in [-0.25, -0.2) is 4.79 Å². The first-order chi connectivity index (χ1) is 12.5. The van der Waals surface area contributed by atoms with E-state index in [1.807, 2.05) is 31.3 Å². The maximum Gasteiger partial charge on any atom is 0.319 e. The van der Waals surface area contributed by atoms with E-state index in [-0.39, 0.29) is 12.1 Å². The molecule has 1 aliphatic heterocycles. The SMILES string of the molecule is CCN(C)c1ccccc1NC(=O)N[C@@H]1CCc2nnc(C(C)C)n2C1. The minimum Gasteiger partial charge on any atom is -0.373 e. The Labute approximate surface area is 154 Å². The summed E-state index contributed by atoms with van der Waals surface area (Å²) in [6.07, 6.45) is 1.71. The summed E-state index contributed by atoms with van der Waals surface area (Å²) in [7, 11) is 2.01. The summed E-state index contributed by atoms with van der Waals surface area (Å²) in [4.78, 5) is 14.6. The maximum atomic E-state index is 12.5. The Morgan fingerprint density at radius 1 is 1.35 bits per heavy atom. The van der Waals surface area contributed by atoms with Crippen molar-refractivity contribution in [2.24, 2.45) is 0 Å². The third-order valence-electron chi connectivity index (χ3n) is 4.86. The highest BCUT2D eigenvalue weighted by Crippen LogP contribution is 2.24. The second-order valence-electron chi connectivity index (χ2n) is 7.11. The predicted octanol–water partition coefficient (Wildman–Crippen LogP) is 2.99. The molecule has 0 saturated heterocycles. The molecule has 26 heavy (non-hydrogen) atoms. The number of para-hydroxylation sites is 2. The Hall–Kier alpha value is -2.57. The number of urea groups is 1. The second-order valence-corrected chi connectivity index (χ2v) is 7.11. The third kappa shape index (κ3) is 3.81. The Balaban J connectivity index is 1.65. The van der Waals surface area contributed by atoms with E-state index in [0.717, 1.165) is 49.0 Å². The average Bonchev–Trinajstić information content (AvgIpc) is 3.05. The predicted molar refractivity (Wildman–Crippen MR) is 104 cm³/mol. The van der Waals surface area contributed by atoms with Crippen LogP contribution in [0.1, 0.15) is 44.8 Å². The quantitative estimate of drug-likeness (QED) is 0.864. The molecule has 1 aromatic carbocycles. The molecule has 2 aromatic rings. The van der Waals surface area contributed by atoms with Crippen molar-refractivity contribution in [3.63, 3.8) is 0 Å². The van der Waals surface area contributed by atoms with Gasteiger partial charge in [-0.1, -0.05) is 26.0 Å². The van der Waals surface area contributed by atoms with Gasteiger partial charge >= 0.3 is 6.03 Å². The first-order valence-corrected chi connectivity index (χ1v) is 9.29. The molecule has 0 aliphatic carbocycles. The highest BCUT2D eigenvalue weighted by molar-refractivity contribution is 5.93.